The Morgan fingerprint density at radius 3 is 1.24 bits per heavy atom. The summed E-state index contributed by atoms with van der Waals surface area (Å²) in [6, 6.07) is 5.94. The van der Waals surface area contributed by atoms with Crippen LogP contribution in [0.25, 0.3) is 12.2 Å². The second kappa shape index (κ2) is 15.5. The average molecular weight is 754 g/mol. The van der Waals surface area contributed by atoms with Crippen molar-refractivity contribution in [1.82, 2.24) is 0 Å². The Kier molecular flexibility index (Phi) is 12.7. The summed E-state index contributed by atoms with van der Waals surface area (Å²) in [5.74, 6) is -3.35. The fourth-order valence-corrected chi connectivity index (χ4v) is 6.67. The normalized spacial score (nSPS) is 17.6. The predicted molar refractivity (Wildman–Crippen MR) is 180 cm³/mol. The van der Waals surface area contributed by atoms with E-state index in [1.54, 1.807) is 0 Å². The van der Waals surface area contributed by atoms with E-state index in [-0.39, 0.29) is 33.5 Å². The highest BCUT2D eigenvalue weighted by molar-refractivity contribution is 6.32. The van der Waals surface area contributed by atoms with Gasteiger partial charge in [0.25, 0.3) is 0 Å². The molecule has 0 bridgehead atoms. The van der Waals surface area contributed by atoms with Crippen molar-refractivity contribution >= 4 is 47.3 Å². The van der Waals surface area contributed by atoms with Crippen LogP contribution >= 0.6 is 23.2 Å². The zero-order valence-corrected chi connectivity index (χ0v) is 29.9. The third kappa shape index (κ3) is 9.48. The van der Waals surface area contributed by atoms with Crippen LogP contribution in [-0.2, 0) is 20.4 Å². The van der Waals surface area contributed by atoms with Gasteiger partial charge in [0.2, 0.25) is 12.2 Å². The minimum Gasteiger partial charge on any atom is -0.478 e. The first-order valence-electron chi connectivity index (χ1n) is 16.0. The molecule has 6 nitrogen and oxygen atoms in total. The molecule has 2 aliphatic heterocycles. The van der Waals surface area contributed by atoms with E-state index in [0.29, 0.717) is 21.2 Å². The number of alkyl halides is 6. The van der Waals surface area contributed by atoms with Crippen LogP contribution in [0, 0.1) is 0 Å². The molecule has 276 valence electrons. The number of benzene rings is 2. The highest BCUT2D eigenvalue weighted by Gasteiger charge is 2.50. The van der Waals surface area contributed by atoms with Gasteiger partial charge in [-0.2, -0.15) is 26.3 Å². The quantitative estimate of drug-likeness (QED) is 0.235. The molecule has 2 N–H and O–H groups in total. The van der Waals surface area contributed by atoms with E-state index in [9.17, 15) is 35.9 Å². The number of fused-ring (bicyclic) bond motifs is 2. The molecule has 0 radical (unpaired) electrons. The van der Waals surface area contributed by atoms with Crippen LogP contribution in [0.3, 0.4) is 0 Å². The van der Waals surface area contributed by atoms with Gasteiger partial charge in [-0.15, -0.1) is 0 Å². The largest absolute Gasteiger partial charge is 0.478 e. The number of aliphatic carboxylic acids is 2. The number of hydrogen-bond acceptors (Lipinski definition) is 4. The maximum Gasteiger partial charge on any atom is 0.430 e. The van der Waals surface area contributed by atoms with Gasteiger partial charge in [0.15, 0.2) is 0 Å². The zero-order valence-electron chi connectivity index (χ0n) is 28.4. The van der Waals surface area contributed by atoms with Crippen molar-refractivity contribution in [3.63, 3.8) is 0 Å². The van der Waals surface area contributed by atoms with Crippen molar-refractivity contribution in [2.24, 2.45) is 0 Å². The Balaban J connectivity index is 0.000000270. The summed E-state index contributed by atoms with van der Waals surface area (Å²) in [5, 5.41) is 18.9. The molecule has 0 saturated carbocycles. The van der Waals surface area contributed by atoms with Crippen LogP contribution in [0.15, 0.2) is 35.4 Å². The molecule has 0 amide bonds. The minimum atomic E-state index is -4.82. The molecule has 0 fully saturated rings. The lowest BCUT2D eigenvalue weighted by Crippen LogP contribution is -2.40. The van der Waals surface area contributed by atoms with Crippen LogP contribution in [-0.4, -0.2) is 46.7 Å². The molecule has 2 aromatic carbocycles. The van der Waals surface area contributed by atoms with Crippen molar-refractivity contribution < 1.29 is 55.6 Å². The van der Waals surface area contributed by atoms with Crippen molar-refractivity contribution in [1.29, 1.82) is 0 Å². The fraction of sp³-hybridized carbons (Fsp3) is 0.500. The maximum atomic E-state index is 13.2. The Hall–Kier alpha value is -3.38. The first-order valence-corrected chi connectivity index (χ1v) is 16.7. The van der Waals surface area contributed by atoms with E-state index in [4.69, 9.17) is 42.9 Å². The maximum absolute atomic E-state index is 13.2. The minimum absolute atomic E-state index is 0.00343. The van der Waals surface area contributed by atoms with Crippen molar-refractivity contribution in [3.8, 4) is 11.5 Å². The third-order valence-electron chi connectivity index (χ3n) is 8.73. The Morgan fingerprint density at radius 2 is 0.980 bits per heavy atom. The summed E-state index contributed by atoms with van der Waals surface area (Å²) in [6.45, 7) is 12.0. The number of carboxylic acids is 2. The van der Waals surface area contributed by atoms with Crippen LogP contribution in [0.5, 0.6) is 11.5 Å². The van der Waals surface area contributed by atoms with E-state index in [0.717, 1.165) is 50.7 Å². The Morgan fingerprint density at radius 1 is 0.660 bits per heavy atom. The monoisotopic (exact) mass is 752 g/mol. The van der Waals surface area contributed by atoms with Gasteiger partial charge >= 0.3 is 24.3 Å². The van der Waals surface area contributed by atoms with E-state index >= 15 is 0 Å². The van der Waals surface area contributed by atoms with Gasteiger partial charge in [0, 0.05) is 21.2 Å². The van der Waals surface area contributed by atoms with Crippen LogP contribution < -0.4 is 9.47 Å². The van der Waals surface area contributed by atoms with Gasteiger partial charge in [-0.05, 0) is 71.2 Å². The van der Waals surface area contributed by atoms with Crippen molar-refractivity contribution in [3.05, 3.63) is 67.7 Å². The molecule has 4 rings (SSSR count). The number of ether oxygens (including phenoxy) is 2. The number of carbonyl (C=O) groups is 2. The average Bonchev–Trinajstić information content (AvgIpc) is 3.00. The highest BCUT2D eigenvalue weighted by Crippen LogP contribution is 2.45. The molecule has 2 unspecified atom stereocenters. The molecular weight excluding hydrogens is 713 g/mol. The topological polar surface area (TPSA) is 93.1 Å². The van der Waals surface area contributed by atoms with Crippen molar-refractivity contribution in [2.75, 3.05) is 0 Å². The van der Waals surface area contributed by atoms with Gasteiger partial charge < -0.3 is 19.7 Å². The number of rotatable bonds is 10. The summed E-state index contributed by atoms with van der Waals surface area (Å²) >= 11 is 12.6. The fourth-order valence-electron chi connectivity index (χ4n) is 5.81. The lowest BCUT2D eigenvalue weighted by atomic mass is 9.79. The zero-order chi connectivity index (χ0) is 38.0. The summed E-state index contributed by atoms with van der Waals surface area (Å²) in [6.07, 6.45) is -7.14. The molecule has 50 heavy (non-hydrogen) atoms. The van der Waals surface area contributed by atoms with E-state index in [1.807, 2.05) is 27.7 Å². The molecule has 2 atom stereocenters. The number of carboxylic acid groups (broad SMARTS) is 2. The molecule has 2 aliphatic rings. The molecule has 0 aliphatic carbocycles. The molecule has 0 aromatic heterocycles. The molecule has 2 heterocycles. The molecule has 0 saturated heterocycles. The summed E-state index contributed by atoms with van der Waals surface area (Å²) in [4.78, 5) is 22.3. The summed E-state index contributed by atoms with van der Waals surface area (Å²) in [5.41, 5.74) is -0.533. The van der Waals surface area contributed by atoms with E-state index in [2.05, 4.69) is 13.8 Å². The van der Waals surface area contributed by atoms with Crippen LogP contribution in [0.2, 0.25) is 10.0 Å². The Bertz CT molecular complexity index is 1540. The van der Waals surface area contributed by atoms with Gasteiger partial charge in [-0.3, -0.25) is 0 Å². The van der Waals surface area contributed by atoms with Crippen LogP contribution in [0.1, 0.15) is 102 Å². The number of hydrogen-bond donors (Lipinski definition) is 2. The summed E-state index contributed by atoms with van der Waals surface area (Å²) in [7, 11) is 0. The lowest BCUT2D eigenvalue weighted by Gasteiger charge is -2.31. The SMILES string of the molecule is CCCCC(C)(C)c1cc2c(cc1Cl)C=C(C(=O)O)C(C(F)(F)F)O2.CCCCC(C)(C)c1cc2c(cc1Cl)C=C(C(=O)O)C(C(F)(F)F)O2. The number of unbranched alkanes of at least 4 members (excludes halogenated alkanes) is 2. The van der Waals surface area contributed by atoms with Gasteiger partial charge in [-0.1, -0.05) is 90.4 Å². The summed E-state index contributed by atoms with van der Waals surface area (Å²) < 4.78 is 89.1. The molecule has 0 spiro atoms. The second-order valence-electron chi connectivity index (χ2n) is 13.6. The predicted octanol–water partition coefficient (Wildman–Crippen LogP) is 11.2. The van der Waals surface area contributed by atoms with Crippen LogP contribution in [0.4, 0.5) is 26.3 Å². The second-order valence-corrected chi connectivity index (χ2v) is 14.4. The number of halogens is 8. The third-order valence-corrected chi connectivity index (χ3v) is 9.36. The first kappa shape index (κ1) is 41.0. The molecule has 2 aromatic rings. The van der Waals surface area contributed by atoms with Gasteiger partial charge in [-0.25, -0.2) is 9.59 Å². The smallest absolute Gasteiger partial charge is 0.430 e. The standard InChI is InChI=1S/2C18H20ClF3O3/c2*1-4-5-6-17(2,3)12-9-14-10(8-13(12)19)7-11(16(23)24)15(25-14)18(20,21)22/h2*7-9,15H,4-6H2,1-3H3,(H,23,24). The van der Waals surface area contributed by atoms with E-state index in [1.165, 1.54) is 24.3 Å². The highest BCUT2D eigenvalue weighted by atomic mass is 35.5. The van der Waals surface area contributed by atoms with Gasteiger partial charge in [0.1, 0.15) is 11.5 Å². The first-order chi connectivity index (χ1) is 22.9. The lowest BCUT2D eigenvalue weighted by molar-refractivity contribution is -0.187. The molecule has 14 heteroatoms. The molecular formula is C36H40Cl2F6O6. The van der Waals surface area contributed by atoms with E-state index < -0.39 is 47.6 Å². The van der Waals surface area contributed by atoms with Gasteiger partial charge in [0.05, 0.1) is 11.1 Å². The van der Waals surface area contributed by atoms with Crippen molar-refractivity contribution in [2.45, 2.75) is 115 Å². The Labute approximate surface area is 297 Å².